The quantitative estimate of drug-likeness (QED) is 0.432. The van der Waals surface area contributed by atoms with Crippen LogP contribution in [-0.4, -0.2) is 60.8 Å². The van der Waals surface area contributed by atoms with Gasteiger partial charge in [-0.2, -0.15) is 0 Å². The number of hydrogen-bond donors (Lipinski definition) is 3. The number of β-amino-alcohol motifs (C(OH)–C–C–N with tert-alkyl or cyclic N) is 1. The highest BCUT2D eigenvalue weighted by Gasteiger charge is 2.32. The fraction of sp³-hybridized carbons (Fsp3) is 0.875. The third kappa shape index (κ3) is 1.82. The van der Waals surface area contributed by atoms with E-state index in [-0.39, 0.29) is 18.1 Å². The molecule has 13 heavy (non-hydrogen) atoms. The van der Waals surface area contributed by atoms with E-state index < -0.39 is 0 Å². The average Bonchev–Trinajstić information content (AvgIpc) is 2.51. The molecule has 2 aliphatic rings. The summed E-state index contributed by atoms with van der Waals surface area (Å²) in [5.41, 5.74) is 0. The Morgan fingerprint density at radius 2 is 2.31 bits per heavy atom. The number of nitrogens with zero attached hydrogens (tertiary/aromatic N) is 1. The number of hydrogen-bond acceptors (Lipinski definition) is 4. The molecule has 0 aromatic carbocycles. The lowest BCUT2D eigenvalue weighted by Gasteiger charge is -2.32. The minimum Gasteiger partial charge on any atom is -0.390 e. The topological polar surface area (TPSA) is 64.6 Å². The summed E-state index contributed by atoms with van der Waals surface area (Å²) in [6, 6.07) is 0.117. The van der Waals surface area contributed by atoms with Crippen molar-refractivity contribution in [2.75, 3.05) is 32.7 Å². The third-order valence-corrected chi connectivity index (χ3v) is 2.69. The number of aliphatic hydroxyl groups is 1. The molecule has 0 saturated carbocycles. The predicted molar refractivity (Wildman–Crippen MR) is 47.2 cm³/mol. The normalized spacial score (nSPS) is 36.2. The first-order valence-corrected chi connectivity index (χ1v) is 4.67. The van der Waals surface area contributed by atoms with Gasteiger partial charge in [-0.3, -0.25) is 9.69 Å². The van der Waals surface area contributed by atoms with Crippen molar-refractivity contribution in [2.45, 2.75) is 12.1 Å². The molecule has 0 aromatic heterocycles. The second kappa shape index (κ2) is 3.61. The Hall–Kier alpha value is -0.650. The van der Waals surface area contributed by atoms with Gasteiger partial charge in [-0.1, -0.05) is 0 Å². The van der Waals surface area contributed by atoms with Gasteiger partial charge >= 0.3 is 0 Å². The van der Waals surface area contributed by atoms with Crippen LogP contribution in [0.4, 0.5) is 0 Å². The van der Waals surface area contributed by atoms with Crippen molar-refractivity contribution in [3.8, 4) is 0 Å². The fourth-order valence-corrected chi connectivity index (χ4v) is 1.97. The van der Waals surface area contributed by atoms with Crippen LogP contribution in [0.2, 0.25) is 0 Å². The number of carbonyl (C=O) groups is 1. The van der Waals surface area contributed by atoms with Gasteiger partial charge in [0.2, 0.25) is 5.91 Å². The summed E-state index contributed by atoms with van der Waals surface area (Å²) in [5.74, 6) is 0.0605. The smallest absolute Gasteiger partial charge is 0.234 e. The average molecular weight is 185 g/mol. The standard InChI is InChI=1S/C8H15N3O2/c12-7-4-9-3-6(7)11-2-1-10-8(13)5-11/h6-7,9,12H,1-5H2,(H,10,13). The van der Waals surface area contributed by atoms with Gasteiger partial charge in [0.25, 0.3) is 0 Å². The summed E-state index contributed by atoms with van der Waals surface area (Å²) < 4.78 is 0. The van der Waals surface area contributed by atoms with Gasteiger partial charge in [0.15, 0.2) is 0 Å². The highest BCUT2D eigenvalue weighted by molar-refractivity contribution is 5.78. The molecule has 74 valence electrons. The van der Waals surface area contributed by atoms with Crippen LogP contribution in [0.25, 0.3) is 0 Å². The molecule has 0 aliphatic carbocycles. The van der Waals surface area contributed by atoms with Gasteiger partial charge in [0.1, 0.15) is 0 Å². The molecule has 0 aromatic rings. The molecule has 0 bridgehead atoms. The van der Waals surface area contributed by atoms with E-state index in [4.69, 9.17) is 0 Å². The van der Waals surface area contributed by atoms with E-state index >= 15 is 0 Å². The molecule has 2 unspecified atom stereocenters. The largest absolute Gasteiger partial charge is 0.390 e. The molecular formula is C8H15N3O2. The van der Waals surface area contributed by atoms with Crippen LogP contribution in [0.1, 0.15) is 0 Å². The number of carbonyl (C=O) groups excluding carboxylic acids is 1. The molecule has 2 aliphatic heterocycles. The molecule has 2 rings (SSSR count). The van der Waals surface area contributed by atoms with Crippen molar-refractivity contribution >= 4 is 5.91 Å². The van der Waals surface area contributed by atoms with E-state index in [1.54, 1.807) is 0 Å². The Morgan fingerprint density at radius 3 is 2.92 bits per heavy atom. The number of nitrogens with one attached hydrogen (secondary N) is 2. The van der Waals surface area contributed by atoms with Crippen LogP contribution in [0.3, 0.4) is 0 Å². The van der Waals surface area contributed by atoms with Gasteiger partial charge in [0, 0.05) is 32.2 Å². The zero-order chi connectivity index (χ0) is 9.26. The summed E-state index contributed by atoms with van der Waals surface area (Å²) >= 11 is 0. The van der Waals surface area contributed by atoms with E-state index in [9.17, 15) is 9.90 Å². The van der Waals surface area contributed by atoms with Crippen molar-refractivity contribution in [1.82, 2.24) is 15.5 Å². The molecule has 2 fully saturated rings. The highest BCUT2D eigenvalue weighted by atomic mass is 16.3. The second-order valence-electron chi connectivity index (χ2n) is 3.61. The molecular weight excluding hydrogens is 170 g/mol. The maximum Gasteiger partial charge on any atom is 0.234 e. The zero-order valence-corrected chi connectivity index (χ0v) is 7.49. The van der Waals surface area contributed by atoms with Gasteiger partial charge in [-0.05, 0) is 0 Å². The lowest BCUT2D eigenvalue weighted by Crippen LogP contribution is -2.54. The molecule has 3 N–H and O–H groups in total. The van der Waals surface area contributed by atoms with E-state index in [0.29, 0.717) is 19.6 Å². The number of aliphatic hydroxyl groups excluding tert-OH is 1. The number of rotatable bonds is 1. The third-order valence-electron chi connectivity index (χ3n) is 2.69. The monoisotopic (exact) mass is 185 g/mol. The van der Waals surface area contributed by atoms with E-state index in [1.807, 2.05) is 4.90 Å². The Bertz CT molecular complexity index is 210. The molecule has 2 heterocycles. The Morgan fingerprint density at radius 1 is 1.46 bits per heavy atom. The van der Waals surface area contributed by atoms with Crippen molar-refractivity contribution in [1.29, 1.82) is 0 Å². The van der Waals surface area contributed by atoms with Crippen molar-refractivity contribution < 1.29 is 9.90 Å². The van der Waals surface area contributed by atoms with Crippen molar-refractivity contribution in [3.05, 3.63) is 0 Å². The number of amides is 1. The Labute approximate surface area is 77.1 Å². The lowest BCUT2D eigenvalue weighted by molar-refractivity contribution is -0.125. The van der Waals surface area contributed by atoms with Gasteiger partial charge in [-0.15, -0.1) is 0 Å². The summed E-state index contributed by atoms with van der Waals surface area (Å²) in [4.78, 5) is 13.1. The first kappa shape index (κ1) is 8.93. The predicted octanol–water partition coefficient (Wildman–Crippen LogP) is -2.25. The fourth-order valence-electron chi connectivity index (χ4n) is 1.97. The SMILES string of the molecule is O=C1CN(C2CNCC2O)CCN1. The van der Waals surface area contributed by atoms with Crippen LogP contribution >= 0.6 is 0 Å². The molecule has 2 saturated heterocycles. The van der Waals surface area contributed by atoms with Gasteiger partial charge < -0.3 is 15.7 Å². The van der Waals surface area contributed by atoms with Crippen LogP contribution in [-0.2, 0) is 4.79 Å². The Kier molecular flexibility index (Phi) is 2.48. The van der Waals surface area contributed by atoms with E-state index in [1.165, 1.54) is 0 Å². The molecule has 2 atom stereocenters. The van der Waals surface area contributed by atoms with Crippen LogP contribution < -0.4 is 10.6 Å². The van der Waals surface area contributed by atoms with Crippen molar-refractivity contribution in [2.24, 2.45) is 0 Å². The highest BCUT2D eigenvalue weighted by Crippen LogP contribution is 2.09. The van der Waals surface area contributed by atoms with E-state index in [2.05, 4.69) is 10.6 Å². The summed E-state index contributed by atoms with van der Waals surface area (Å²) in [6.07, 6.45) is -0.328. The van der Waals surface area contributed by atoms with Gasteiger partial charge in [0.05, 0.1) is 12.6 Å². The zero-order valence-electron chi connectivity index (χ0n) is 7.49. The molecule has 5 nitrogen and oxygen atoms in total. The summed E-state index contributed by atoms with van der Waals surface area (Å²) in [7, 11) is 0. The van der Waals surface area contributed by atoms with Crippen LogP contribution in [0.15, 0.2) is 0 Å². The minimum absolute atomic E-state index is 0.0605. The minimum atomic E-state index is -0.328. The maximum atomic E-state index is 11.1. The Balaban J connectivity index is 1.95. The first-order chi connectivity index (χ1) is 6.27. The molecule has 0 radical (unpaired) electrons. The van der Waals surface area contributed by atoms with E-state index in [0.717, 1.165) is 13.1 Å². The molecule has 1 amide bonds. The van der Waals surface area contributed by atoms with Crippen LogP contribution in [0, 0.1) is 0 Å². The summed E-state index contributed by atoms with van der Waals surface area (Å²) in [5, 5.41) is 15.5. The van der Waals surface area contributed by atoms with Crippen molar-refractivity contribution in [3.63, 3.8) is 0 Å². The lowest BCUT2D eigenvalue weighted by atomic mass is 10.1. The van der Waals surface area contributed by atoms with Crippen LogP contribution in [0.5, 0.6) is 0 Å². The van der Waals surface area contributed by atoms with Gasteiger partial charge in [-0.25, -0.2) is 0 Å². The molecule has 0 spiro atoms. The maximum absolute atomic E-state index is 11.1. The first-order valence-electron chi connectivity index (χ1n) is 4.67. The molecule has 5 heteroatoms. The summed E-state index contributed by atoms with van der Waals surface area (Å²) in [6.45, 7) is 3.39. The second-order valence-corrected chi connectivity index (χ2v) is 3.61. The number of piperazine rings is 1.